The lowest BCUT2D eigenvalue weighted by Gasteiger charge is -2.23. The Morgan fingerprint density at radius 1 is 1.14 bits per heavy atom. The molecule has 1 rings (SSSR count). The molecule has 1 aromatic rings. The van der Waals surface area contributed by atoms with Crippen molar-refractivity contribution in [3.8, 4) is 11.5 Å². The monoisotopic (exact) mass is 294 g/mol. The van der Waals surface area contributed by atoms with Crippen LogP contribution in [0.1, 0.15) is 33.3 Å². The SMILES string of the molecule is COc1cc(CNC(C)C(=O)NC(C)(C)C)cc(OC)c1. The molecule has 0 saturated carbocycles. The lowest BCUT2D eigenvalue weighted by molar-refractivity contribution is -0.124. The van der Waals surface area contributed by atoms with E-state index in [0.29, 0.717) is 6.54 Å². The van der Waals surface area contributed by atoms with Gasteiger partial charge < -0.3 is 20.1 Å². The summed E-state index contributed by atoms with van der Waals surface area (Å²) in [5.41, 5.74) is 0.772. The largest absolute Gasteiger partial charge is 0.497 e. The zero-order chi connectivity index (χ0) is 16.0. The second-order valence-corrected chi connectivity index (χ2v) is 6.06. The Morgan fingerprint density at radius 2 is 1.67 bits per heavy atom. The van der Waals surface area contributed by atoms with Crippen LogP contribution < -0.4 is 20.1 Å². The third-order valence-corrected chi connectivity index (χ3v) is 2.92. The highest BCUT2D eigenvalue weighted by molar-refractivity contribution is 5.81. The highest BCUT2D eigenvalue weighted by Gasteiger charge is 2.18. The summed E-state index contributed by atoms with van der Waals surface area (Å²) in [6.07, 6.45) is 0. The van der Waals surface area contributed by atoms with Gasteiger partial charge in [-0.2, -0.15) is 0 Å². The molecule has 2 N–H and O–H groups in total. The van der Waals surface area contributed by atoms with E-state index in [1.807, 2.05) is 45.9 Å². The third kappa shape index (κ3) is 6.04. The molecule has 0 bridgehead atoms. The predicted octanol–water partition coefficient (Wildman–Crippen LogP) is 2.10. The molecule has 0 saturated heterocycles. The van der Waals surface area contributed by atoms with Gasteiger partial charge in [-0.25, -0.2) is 0 Å². The minimum Gasteiger partial charge on any atom is -0.497 e. The molecule has 1 amide bonds. The van der Waals surface area contributed by atoms with Gasteiger partial charge in [-0.05, 0) is 45.4 Å². The second kappa shape index (κ2) is 7.31. The molecule has 1 aromatic carbocycles. The summed E-state index contributed by atoms with van der Waals surface area (Å²) in [6.45, 7) is 8.30. The van der Waals surface area contributed by atoms with E-state index in [1.165, 1.54) is 0 Å². The molecule has 1 unspecified atom stereocenters. The van der Waals surface area contributed by atoms with E-state index >= 15 is 0 Å². The van der Waals surface area contributed by atoms with Crippen LogP contribution in [-0.2, 0) is 11.3 Å². The maximum Gasteiger partial charge on any atom is 0.237 e. The summed E-state index contributed by atoms with van der Waals surface area (Å²) < 4.78 is 10.5. The van der Waals surface area contributed by atoms with Crippen molar-refractivity contribution in [2.24, 2.45) is 0 Å². The van der Waals surface area contributed by atoms with Crippen molar-refractivity contribution < 1.29 is 14.3 Å². The van der Waals surface area contributed by atoms with Crippen LogP contribution in [0.5, 0.6) is 11.5 Å². The maximum atomic E-state index is 12.0. The molecule has 5 nitrogen and oxygen atoms in total. The predicted molar refractivity (Wildman–Crippen MR) is 83.7 cm³/mol. The van der Waals surface area contributed by atoms with Crippen LogP contribution in [0.4, 0.5) is 0 Å². The van der Waals surface area contributed by atoms with Gasteiger partial charge in [-0.15, -0.1) is 0 Å². The van der Waals surface area contributed by atoms with E-state index in [1.54, 1.807) is 14.2 Å². The van der Waals surface area contributed by atoms with Gasteiger partial charge in [-0.3, -0.25) is 4.79 Å². The zero-order valence-corrected chi connectivity index (χ0v) is 13.7. The van der Waals surface area contributed by atoms with Crippen LogP contribution >= 0.6 is 0 Å². The molecule has 0 aromatic heterocycles. The normalized spacial score (nSPS) is 12.7. The fraction of sp³-hybridized carbons (Fsp3) is 0.562. The zero-order valence-electron chi connectivity index (χ0n) is 13.7. The van der Waals surface area contributed by atoms with Crippen molar-refractivity contribution in [3.63, 3.8) is 0 Å². The molecule has 1 atom stereocenters. The fourth-order valence-electron chi connectivity index (χ4n) is 1.81. The maximum absolute atomic E-state index is 12.0. The van der Waals surface area contributed by atoms with E-state index < -0.39 is 0 Å². The van der Waals surface area contributed by atoms with Crippen LogP contribution in [0, 0.1) is 0 Å². The number of hydrogen-bond acceptors (Lipinski definition) is 4. The van der Waals surface area contributed by atoms with Crippen LogP contribution in [0.25, 0.3) is 0 Å². The van der Waals surface area contributed by atoms with Gasteiger partial charge in [0.2, 0.25) is 5.91 Å². The lowest BCUT2D eigenvalue weighted by Crippen LogP contribution is -2.49. The number of carbonyl (C=O) groups is 1. The van der Waals surface area contributed by atoms with E-state index in [-0.39, 0.29) is 17.5 Å². The van der Waals surface area contributed by atoms with Gasteiger partial charge in [0.05, 0.1) is 20.3 Å². The van der Waals surface area contributed by atoms with E-state index in [9.17, 15) is 4.79 Å². The van der Waals surface area contributed by atoms with E-state index in [0.717, 1.165) is 17.1 Å². The molecule has 0 fully saturated rings. The van der Waals surface area contributed by atoms with Crippen LogP contribution in [0.2, 0.25) is 0 Å². The lowest BCUT2D eigenvalue weighted by atomic mass is 10.1. The van der Waals surface area contributed by atoms with Crippen LogP contribution in [0.3, 0.4) is 0 Å². The Kier molecular flexibility index (Phi) is 6.03. The summed E-state index contributed by atoms with van der Waals surface area (Å²) in [4.78, 5) is 12.0. The first kappa shape index (κ1) is 17.3. The molecule has 0 heterocycles. The average Bonchev–Trinajstić information content (AvgIpc) is 2.42. The van der Waals surface area contributed by atoms with Gasteiger partial charge in [0, 0.05) is 18.2 Å². The Balaban J connectivity index is 2.64. The first-order chi connectivity index (χ1) is 9.75. The minimum atomic E-state index is -0.276. The number of nitrogens with one attached hydrogen (secondary N) is 2. The van der Waals surface area contributed by atoms with Crippen LogP contribution in [0.15, 0.2) is 18.2 Å². The molecule has 0 aliphatic rings. The molecule has 0 spiro atoms. The summed E-state index contributed by atoms with van der Waals surface area (Å²) in [7, 11) is 3.23. The van der Waals surface area contributed by atoms with E-state index in [2.05, 4.69) is 10.6 Å². The van der Waals surface area contributed by atoms with Gasteiger partial charge in [0.25, 0.3) is 0 Å². The number of hydrogen-bond donors (Lipinski definition) is 2. The second-order valence-electron chi connectivity index (χ2n) is 6.06. The number of methoxy groups -OCH3 is 2. The number of ether oxygens (including phenoxy) is 2. The number of carbonyl (C=O) groups excluding carboxylic acids is 1. The molecule has 0 radical (unpaired) electrons. The van der Waals surface area contributed by atoms with Crippen molar-refractivity contribution in [3.05, 3.63) is 23.8 Å². The highest BCUT2D eigenvalue weighted by atomic mass is 16.5. The summed E-state index contributed by atoms with van der Waals surface area (Å²) in [5, 5.41) is 6.15. The molecule has 5 heteroatoms. The highest BCUT2D eigenvalue weighted by Crippen LogP contribution is 2.22. The molecule has 0 aliphatic heterocycles. The van der Waals surface area contributed by atoms with Crippen molar-refractivity contribution in [2.45, 2.75) is 45.8 Å². The first-order valence-electron chi connectivity index (χ1n) is 7.02. The quantitative estimate of drug-likeness (QED) is 0.843. The summed E-state index contributed by atoms with van der Waals surface area (Å²) >= 11 is 0. The summed E-state index contributed by atoms with van der Waals surface area (Å²) in [5.74, 6) is 1.45. The van der Waals surface area contributed by atoms with Gasteiger partial charge in [0.15, 0.2) is 0 Å². The van der Waals surface area contributed by atoms with Gasteiger partial charge >= 0.3 is 0 Å². The Bertz CT molecular complexity index is 459. The van der Waals surface area contributed by atoms with Gasteiger partial charge in [-0.1, -0.05) is 0 Å². The van der Waals surface area contributed by atoms with E-state index in [4.69, 9.17) is 9.47 Å². The fourth-order valence-corrected chi connectivity index (χ4v) is 1.81. The van der Waals surface area contributed by atoms with Crippen molar-refractivity contribution in [1.82, 2.24) is 10.6 Å². The number of benzene rings is 1. The third-order valence-electron chi connectivity index (χ3n) is 2.92. The van der Waals surface area contributed by atoms with Crippen molar-refractivity contribution >= 4 is 5.91 Å². The summed E-state index contributed by atoms with van der Waals surface area (Å²) in [6, 6.07) is 5.38. The smallest absolute Gasteiger partial charge is 0.237 e. The van der Waals surface area contributed by atoms with Crippen LogP contribution in [-0.4, -0.2) is 31.7 Å². The number of amides is 1. The topological polar surface area (TPSA) is 59.6 Å². The van der Waals surface area contributed by atoms with Crippen molar-refractivity contribution in [2.75, 3.05) is 14.2 Å². The number of rotatable bonds is 6. The molecule has 118 valence electrons. The first-order valence-corrected chi connectivity index (χ1v) is 7.02. The molecular formula is C16H26N2O3. The molecule has 21 heavy (non-hydrogen) atoms. The Morgan fingerprint density at radius 3 is 2.10 bits per heavy atom. The molecule has 0 aliphatic carbocycles. The average molecular weight is 294 g/mol. The Labute approximate surface area is 127 Å². The van der Waals surface area contributed by atoms with Gasteiger partial charge in [0.1, 0.15) is 11.5 Å². The minimum absolute atomic E-state index is 0.0163. The molecular weight excluding hydrogens is 268 g/mol. The van der Waals surface area contributed by atoms with Crippen molar-refractivity contribution in [1.29, 1.82) is 0 Å². The Hall–Kier alpha value is -1.75. The standard InChI is InChI=1S/C16H26N2O3/c1-11(15(19)18-16(2,3)4)17-10-12-7-13(20-5)9-14(8-12)21-6/h7-9,11,17H,10H2,1-6H3,(H,18,19).